The molecule has 0 radical (unpaired) electrons. The van der Waals surface area contributed by atoms with Crippen LogP contribution in [0.4, 0.5) is 18.9 Å². The molecule has 0 unspecified atom stereocenters. The first-order valence-electron chi connectivity index (χ1n) is 6.64. The SMILES string of the molecule is Cc1ccc(N2CCN(CC(F)(F)F)CC2)c(C(=O)O)c1. The first-order valence-corrected chi connectivity index (χ1v) is 6.64. The van der Waals surface area contributed by atoms with Crippen molar-refractivity contribution < 1.29 is 23.1 Å². The van der Waals surface area contributed by atoms with Crippen LogP contribution >= 0.6 is 0 Å². The van der Waals surface area contributed by atoms with Gasteiger partial charge in [0.25, 0.3) is 0 Å². The number of hydrogen-bond acceptors (Lipinski definition) is 3. The molecule has 0 aromatic heterocycles. The second-order valence-electron chi connectivity index (χ2n) is 5.20. The summed E-state index contributed by atoms with van der Waals surface area (Å²) in [7, 11) is 0. The Morgan fingerprint density at radius 1 is 1.24 bits per heavy atom. The van der Waals surface area contributed by atoms with Crippen LogP contribution in [0.5, 0.6) is 0 Å². The van der Waals surface area contributed by atoms with Gasteiger partial charge in [-0.3, -0.25) is 4.90 Å². The lowest BCUT2D eigenvalue weighted by atomic mass is 10.1. The van der Waals surface area contributed by atoms with Crippen LogP contribution in [0, 0.1) is 6.92 Å². The van der Waals surface area contributed by atoms with Crippen molar-refractivity contribution in [3.05, 3.63) is 29.3 Å². The fourth-order valence-electron chi connectivity index (χ4n) is 2.50. The highest BCUT2D eigenvalue weighted by atomic mass is 19.4. The van der Waals surface area contributed by atoms with Crippen molar-refractivity contribution in [2.24, 2.45) is 0 Å². The van der Waals surface area contributed by atoms with E-state index in [4.69, 9.17) is 0 Å². The molecule has 1 heterocycles. The van der Waals surface area contributed by atoms with Gasteiger partial charge in [-0.2, -0.15) is 13.2 Å². The van der Waals surface area contributed by atoms with Crippen LogP contribution in [0.1, 0.15) is 15.9 Å². The number of benzene rings is 1. The molecule has 0 atom stereocenters. The van der Waals surface area contributed by atoms with Crippen molar-refractivity contribution in [2.75, 3.05) is 37.6 Å². The van der Waals surface area contributed by atoms with E-state index in [1.165, 1.54) is 4.90 Å². The van der Waals surface area contributed by atoms with Gasteiger partial charge >= 0.3 is 12.1 Å². The van der Waals surface area contributed by atoms with Crippen molar-refractivity contribution in [2.45, 2.75) is 13.1 Å². The smallest absolute Gasteiger partial charge is 0.401 e. The number of aromatic carboxylic acids is 1. The van der Waals surface area contributed by atoms with E-state index in [-0.39, 0.29) is 18.7 Å². The van der Waals surface area contributed by atoms with Crippen LogP contribution in [-0.4, -0.2) is 54.9 Å². The highest BCUT2D eigenvalue weighted by molar-refractivity contribution is 5.94. The van der Waals surface area contributed by atoms with Gasteiger partial charge in [0, 0.05) is 26.2 Å². The van der Waals surface area contributed by atoms with Gasteiger partial charge in [-0.15, -0.1) is 0 Å². The minimum Gasteiger partial charge on any atom is -0.478 e. The summed E-state index contributed by atoms with van der Waals surface area (Å²) in [6.07, 6.45) is -4.20. The van der Waals surface area contributed by atoms with Gasteiger partial charge in [0.2, 0.25) is 0 Å². The van der Waals surface area contributed by atoms with Gasteiger partial charge in [-0.1, -0.05) is 11.6 Å². The predicted octanol–water partition coefficient (Wildman–Crippen LogP) is 2.38. The summed E-state index contributed by atoms with van der Waals surface area (Å²) in [6.45, 7) is 2.20. The molecule has 0 amide bonds. The maximum atomic E-state index is 12.3. The van der Waals surface area contributed by atoms with Crippen LogP contribution in [-0.2, 0) is 0 Å². The fourth-order valence-corrected chi connectivity index (χ4v) is 2.50. The van der Waals surface area contributed by atoms with E-state index in [0.29, 0.717) is 18.8 Å². The Bertz CT molecular complexity index is 523. The molecular weight excluding hydrogens is 285 g/mol. The third-order valence-electron chi connectivity index (χ3n) is 3.50. The standard InChI is InChI=1S/C14H17F3N2O2/c1-10-2-3-12(11(8-10)13(20)21)19-6-4-18(5-7-19)9-14(15,16)17/h2-3,8H,4-7,9H2,1H3,(H,20,21). The van der Waals surface area contributed by atoms with Crippen molar-refractivity contribution in [1.29, 1.82) is 0 Å². The topological polar surface area (TPSA) is 43.8 Å². The van der Waals surface area contributed by atoms with Gasteiger partial charge in [-0.25, -0.2) is 4.79 Å². The lowest BCUT2D eigenvalue weighted by molar-refractivity contribution is -0.146. The number of carboxylic acid groups (broad SMARTS) is 1. The number of carboxylic acids is 1. The number of halogens is 3. The van der Waals surface area contributed by atoms with Gasteiger partial charge in [0.15, 0.2) is 0 Å². The Balaban J connectivity index is 2.07. The van der Waals surface area contributed by atoms with Crippen LogP contribution < -0.4 is 4.90 Å². The quantitative estimate of drug-likeness (QED) is 0.931. The first-order chi connectivity index (χ1) is 9.76. The van der Waals surface area contributed by atoms with E-state index in [1.54, 1.807) is 19.1 Å². The molecule has 0 aliphatic carbocycles. The molecule has 7 heteroatoms. The zero-order valence-corrected chi connectivity index (χ0v) is 11.7. The first kappa shape index (κ1) is 15.6. The van der Waals surface area contributed by atoms with E-state index in [1.807, 2.05) is 11.0 Å². The maximum Gasteiger partial charge on any atom is 0.401 e. The van der Waals surface area contributed by atoms with Crippen LogP contribution in [0.2, 0.25) is 0 Å². The third-order valence-corrected chi connectivity index (χ3v) is 3.50. The Labute approximate surface area is 120 Å². The number of anilines is 1. The zero-order chi connectivity index (χ0) is 15.6. The summed E-state index contributed by atoms with van der Waals surface area (Å²) in [5.41, 5.74) is 1.60. The molecule has 1 N–H and O–H groups in total. The number of hydrogen-bond donors (Lipinski definition) is 1. The molecule has 21 heavy (non-hydrogen) atoms. The monoisotopic (exact) mass is 302 g/mol. The van der Waals surface area contributed by atoms with Crippen molar-refractivity contribution in [3.63, 3.8) is 0 Å². The highest BCUT2D eigenvalue weighted by Gasteiger charge is 2.32. The highest BCUT2D eigenvalue weighted by Crippen LogP contribution is 2.24. The summed E-state index contributed by atoms with van der Waals surface area (Å²) in [5, 5.41) is 9.24. The Morgan fingerprint density at radius 3 is 2.38 bits per heavy atom. The number of alkyl halides is 3. The molecule has 1 fully saturated rings. The van der Waals surface area contributed by atoms with E-state index in [0.717, 1.165) is 5.56 Å². The molecule has 1 aliphatic rings. The van der Waals surface area contributed by atoms with E-state index in [9.17, 15) is 23.1 Å². The molecule has 4 nitrogen and oxygen atoms in total. The summed E-state index contributed by atoms with van der Waals surface area (Å²) >= 11 is 0. The van der Waals surface area contributed by atoms with E-state index < -0.39 is 18.7 Å². The van der Waals surface area contributed by atoms with Crippen LogP contribution in [0.15, 0.2) is 18.2 Å². The van der Waals surface area contributed by atoms with Crippen molar-refractivity contribution in [1.82, 2.24) is 4.90 Å². The largest absolute Gasteiger partial charge is 0.478 e. The molecule has 0 bridgehead atoms. The molecule has 2 rings (SSSR count). The van der Waals surface area contributed by atoms with Crippen molar-refractivity contribution >= 4 is 11.7 Å². The Hall–Kier alpha value is -1.76. The minimum absolute atomic E-state index is 0.194. The average molecular weight is 302 g/mol. The molecule has 1 aromatic rings. The van der Waals surface area contributed by atoms with Crippen LogP contribution in [0.3, 0.4) is 0 Å². The number of nitrogens with zero attached hydrogens (tertiary/aromatic N) is 2. The van der Waals surface area contributed by atoms with E-state index in [2.05, 4.69) is 0 Å². The molecule has 1 aliphatic heterocycles. The second-order valence-corrected chi connectivity index (χ2v) is 5.20. The fraction of sp³-hybridized carbons (Fsp3) is 0.500. The summed E-state index contributed by atoms with van der Waals surface area (Å²) in [5.74, 6) is -1.02. The number of aryl methyl sites for hydroxylation is 1. The van der Waals surface area contributed by atoms with Crippen LogP contribution in [0.25, 0.3) is 0 Å². The molecule has 0 saturated carbocycles. The predicted molar refractivity (Wildman–Crippen MR) is 72.8 cm³/mol. The zero-order valence-electron chi connectivity index (χ0n) is 11.7. The van der Waals surface area contributed by atoms with Gasteiger partial charge < -0.3 is 10.0 Å². The normalized spacial score (nSPS) is 17.0. The molecule has 1 aromatic carbocycles. The molecule has 1 saturated heterocycles. The van der Waals surface area contributed by atoms with Gasteiger partial charge in [0.05, 0.1) is 17.8 Å². The third kappa shape index (κ3) is 4.10. The summed E-state index contributed by atoms with van der Waals surface area (Å²) in [4.78, 5) is 14.5. The van der Waals surface area contributed by atoms with E-state index >= 15 is 0 Å². The van der Waals surface area contributed by atoms with Crippen molar-refractivity contribution in [3.8, 4) is 0 Å². The summed E-state index contributed by atoms with van der Waals surface area (Å²) in [6, 6.07) is 5.11. The number of piperazine rings is 1. The average Bonchev–Trinajstić information content (AvgIpc) is 2.38. The maximum absolute atomic E-state index is 12.3. The number of rotatable bonds is 3. The van der Waals surface area contributed by atoms with Gasteiger partial charge in [0.1, 0.15) is 0 Å². The van der Waals surface area contributed by atoms with Gasteiger partial charge in [-0.05, 0) is 19.1 Å². The lowest BCUT2D eigenvalue weighted by Gasteiger charge is -2.36. The summed E-state index contributed by atoms with van der Waals surface area (Å²) < 4.78 is 37.0. The number of carbonyl (C=O) groups is 1. The molecule has 0 spiro atoms. The molecular formula is C14H17F3N2O2. The minimum atomic E-state index is -4.20. The lowest BCUT2D eigenvalue weighted by Crippen LogP contribution is -2.49. The Morgan fingerprint density at radius 2 is 1.86 bits per heavy atom. The second kappa shape index (κ2) is 5.93. The molecule has 116 valence electrons. The Kier molecular flexibility index (Phi) is 4.41.